The summed E-state index contributed by atoms with van der Waals surface area (Å²) in [5.41, 5.74) is 0. The van der Waals surface area contributed by atoms with Gasteiger partial charge < -0.3 is 0 Å². The fraction of sp³-hybridized carbons (Fsp3) is 1.00. The zero-order valence-electron chi connectivity index (χ0n) is 16.3. The van der Waals surface area contributed by atoms with E-state index in [2.05, 4.69) is 85.9 Å². The maximum absolute atomic E-state index is 2.39. The third-order valence-electron chi connectivity index (χ3n) is 4.09. The molecule has 0 N–H and O–H groups in total. The smallest absolute Gasteiger partial charge is 0.0133 e. The SMILES string of the molecule is CCN(CC)N(N(CC)CC)N(N(CC)CC)N(CC)CC. The maximum atomic E-state index is 2.39. The van der Waals surface area contributed by atoms with Gasteiger partial charge in [-0.1, -0.05) is 65.8 Å². The lowest BCUT2D eigenvalue weighted by Gasteiger charge is -2.52. The van der Waals surface area contributed by atoms with E-state index in [1.807, 2.05) is 0 Å². The molecule has 0 aliphatic rings. The average Bonchev–Trinajstić information content (AvgIpc) is 2.56. The van der Waals surface area contributed by atoms with Crippen molar-refractivity contribution in [2.45, 2.75) is 55.4 Å². The van der Waals surface area contributed by atoms with Crippen molar-refractivity contribution in [3.05, 3.63) is 0 Å². The van der Waals surface area contributed by atoms with Crippen LogP contribution in [-0.2, 0) is 0 Å². The third kappa shape index (κ3) is 5.44. The molecule has 22 heavy (non-hydrogen) atoms. The second kappa shape index (κ2) is 12.2. The van der Waals surface area contributed by atoms with Crippen molar-refractivity contribution in [3.8, 4) is 0 Å². The van der Waals surface area contributed by atoms with Gasteiger partial charge in [-0.3, -0.25) is 0 Å². The lowest BCUT2D eigenvalue weighted by molar-refractivity contribution is -0.433. The van der Waals surface area contributed by atoms with Gasteiger partial charge in [0, 0.05) is 52.4 Å². The van der Waals surface area contributed by atoms with Crippen LogP contribution in [0.25, 0.3) is 0 Å². The molecular weight excluding hydrogens is 276 g/mol. The van der Waals surface area contributed by atoms with Crippen LogP contribution in [0.3, 0.4) is 0 Å². The lowest BCUT2D eigenvalue weighted by atomic mass is 10.6. The fourth-order valence-electron chi connectivity index (χ4n) is 2.72. The summed E-state index contributed by atoms with van der Waals surface area (Å²) in [6, 6.07) is 0. The van der Waals surface area contributed by atoms with Gasteiger partial charge in [0.05, 0.1) is 0 Å². The highest BCUT2D eigenvalue weighted by Gasteiger charge is 2.32. The van der Waals surface area contributed by atoms with Crippen LogP contribution in [-0.4, -0.2) is 82.8 Å². The summed E-state index contributed by atoms with van der Waals surface area (Å²) >= 11 is 0. The van der Waals surface area contributed by atoms with Crippen LogP contribution < -0.4 is 0 Å². The van der Waals surface area contributed by atoms with Crippen LogP contribution >= 0.6 is 0 Å². The minimum atomic E-state index is 0.992. The van der Waals surface area contributed by atoms with E-state index in [4.69, 9.17) is 0 Å². The highest BCUT2D eigenvalue weighted by molar-refractivity contribution is 4.56. The molecule has 0 saturated carbocycles. The van der Waals surface area contributed by atoms with Gasteiger partial charge in [0.2, 0.25) is 0 Å². The summed E-state index contributed by atoms with van der Waals surface area (Å²) < 4.78 is 0. The lowest BCUT2D eigenvalue weighted by Crippen LogP contribution is -2.70. The summed E-state index contributed by atoms with van der Waals surface area (Å²) in [5.74, 6) is 0. The highest BCUT2D eigenvalue weighted by atomic mass is 16.2. The van der Waals surface area contributed by atoms with Crippen LogP contribution in [0.2, 0.25) is 0 Å². The molecule has 0 spiro atoms. The molecule has 0 aliphatic heterocycles. The molecule has 0 aromatic heterocycles. The fourth-order valence-corrected chi connectivity index (χ4v) is 2.72. The first-order valence-corrected chi connectivity index (χ1v) is 9.19. The molecule has 0 unspecified atom stereocenters. The topological polar surface area (TPSA) is 19.4 Å². The van der Waals surface area contributed by atoms with E-state index in [1.165, 1.54) is 0 Å². The summed E-state index contributed by atoms with van der Waals surface area (Å²) in [6.45, 7) is 25.7. The van der Waals surface area contributed by atoms with E-state index in [0.717, 1.165) is 52.4 Å². The van der Waals surface area contributed by atoms with E-state index in [0.29, 0.717) is 0 Å². The van der Waals surface area contributed by atoms with Gasteiger partial charge in [-0.05, 0) is 0 Å². The minimum absolute atomic E-state index is 0.992. The first-order chi connectivity index (χ1) is 10.6. The number of hydrazine groups is 5. The Labute approximate surface area is 139 Å². The zero-order valence-corrected chi connectivity index (χ0v) is 16.3. The van der Waals surface area contributed by atoms with Crippen molar-refractivity contribution >= 4 is 0 Å². The largest absolute Gasteiger partial charge is 0.212 e. The predicted octanol–water partition coefficient (Wildman–Crippen LogP) is 2.53. The van der Waals surface area contributed by atoms with E-state index in [9.17, 15) is 0 Å². The Morgan fingerprint density at radius 2 is 0.455 bits per heavy atom. The number of hydrogen-bond acceptors (Lipinski definition) is 6. The second-order valence-electron chi connectivity index (χ2n) is 5.09. The molecule has 0 fully saturated rings. The maximum Gasteiger partial charge on any atom is 0.0133 e. The van der Waals surface area contributed by atoms with Gasteiger partial charge in [-0.2, -0.15) is 0 Å². The molecule has 0 saturated heterocycles. The van der Waals surface area contributed by atoms with E-state index >= 15 is 0 Å². The summed E-state index contributed by atoms with van der Waals surface area (Å²) in [4.78, 5) is 0. The van der Waals surface area contributed by atoms with Gasteiger partial charge in [-0.15, -0.1) is 0 Å². The summed E-state index contributed by atoms with van der Waals surface area (Å²) in [6.07, 6.45) is 0. The van der Waals surface area contributed by atoms with Crippen molar-refractivity contribution in [3.63, 3.8) is 0 Å². The van der Waals surface area contributed by atoms with Gasteiger partial charge >= 0.3 is 0 Å². The Morgan fingerprint density at radius 3 is 0.545 bits per heavy atom. The Morgan fingerprint density at radius 1 is 0.318 bits per heavy atom. The van der Waals surface area contributed by atoms with Gasteiger partial charge in [0.25, 0.3) is 0 Å². The molecule has 0 radical (unpaired) electrons. The third-order valence-corrected chi connectivity index (χ3v) is 4.09. The van der Waals surface area contributed by atoms with E-state index in [-0.39, 0.29) is 0 Å². The van der Waals surface area contributed by atoms with Crippen LogP contribution in [0.4, 0.5) is 0 Å². The summed E-state index contributed by atoms with van der Waals surface area (Å²) in [7, 11) is 0. The molecule has 0 amide bonds. The Hall–Kier alpha value is -0.240. The van der Waals surface area contributed by atoms with Crippen LogP contribution in [0.15, 0.2) is 0 Å². The molecule has 6 nitrogen and oxygen atoms in total. The molecule has 0 aliphatic carbocycles. The highest BCUT2D eigenvalue weighted by Crippen LogP contribution is 2.15. The predicted molar refractivity (Wildman–Crippen MR) is 95.4 cm³/mol. The molecule has 0 aromatic carbocycles. The normalized spacial score (nSPS) is 12.8. The molecule has 6 heteroatoms. The van der Waals surface area contributed by atoms with Crippen LogP contribution in [0.5, 0.6) is 0 Å². The molecule has 0 aromatic rings. The molecule has 0 atom stereocenters. The Bertz CT molecular complexity index is 197. The quantitative estimate of drug-likeness (QED) is 0.483. The molecular formula is C16H40N6. The summed E-state index contributed by atoms with van der Waals surface area (Å²) in [5, 5.41) is 14.3. The number of rotatable bonds is 13. The second-order valence-corrected chi connectivity index (χ2v) is 5.09. The Kier molecular flexibility index (Phi) is 12.1. The van der Waals surface area contributed by atoms with Gasteiger partial charge in [0.1, 0.15) is 0 Å². The molecule has 0 bridgehead atoms. The van der Waals surface area contributed by atoms with Crippen molar-refractivity contribution in [2.75, 3.05) is 52.4 Å². The first-order valence-electron chi connectivity index (χ1n) is 9.19. The molecule has 0 rings (SSSR count). The number of hydrogen-bond donors (Lipinski definition) is 0. The van der Waals surface area contributed by atoms with Crippen molar-refractivity contribution < 1.29 is 0 Å². The monoisotopic (exact) mass is 316 g/mol. The van der Waals surface area contributed by atoms with Gasteiger partial charge in [0.15, 0.2) is 0 Å². The van der Waals surface area contributed by atoms with E-state index in [1.54, 1.807) is 0 Å². The Balaban J connectivity index is 5.77. The standard InChI is InChI=1S/C16H40N6/c1-9-17(10-2)21(18(11-3)12-4)22(19(13-5)14-6)20(15-7)16-8/h9-16H2,1-8H3. The molecule has 134 valence electrons. The van der Waals surface area contributed by atoms with E-state index < -0.39 is 0 Å². The first kappa shape index (κ1) is 21.8. The zero-order chi connectivity index (χ0) is 17.1. The van der Waals surface area contributed by atoms with Crippen molar-refractivity contribution in [1.29, 1.82) is 0 Å². The van der Waals surface area contributed by atoms with Crippen molar-refractivity contribution in [2.24, 2.45) is 0 Å². The average molecular weight is 317 g/mol. The van der Waals surface area contributed by atoms with Gasteiger partial charge in [-0.25, -0.2) is 20.0 Å². The van der Waals surface area contributed by atoms with Crippen LogP contribution in [0.1, 0.15) is 55.4 Å². The van der Waals surface area contributed by atoms with Crippen LogP contribution in [0, 0.1) is 0 Å². The number of nitrogens with zero attached hydrogens (tertiary/aromatic N) is 6. The molecule has 0 heterocycles. The minimum Gasteiger partial charge on any atom is -0.212 e. The van der Waals surface area contributed by atoms with Crippen molar-refractivity contribution in [1.82, 2.24) is 30.5 Å².